The number of amides is 1. The number of rotatable bonds is 6. The summed E-state index contributed by atoms with van der Waals surface area (Å²) in [6.07, 6.45) is 0. The Bertz CT molecular complexity index is 1280. The minimum absolute atomic E-state index is 0.0713. The van der Waals surface area contributed by atoms with E-state index in [1.807, 2.05) is 13.8 Å². The Balaban J connectivity index is 1.68. The van der Waals surface area contributed by atoms with Crippen LogP contribution in [0.4, 0.5) is 15.3 Å². The lowest BCUT2D eigenvalue weighted by molar-refractivity contribution is -0.118. The first-order chi connectivity index (χ1) is 15.3. The van der Waals surface area contributed by atoms with Gasteiger partial charge in [-0.3, -0.25) is 9.69 Å². The maximum absolute atomic E-state index is 13.1. The van der Waals surface area contributed by atoms with Gasteiger partial charge in [0, 0.05) is 11.4 Å². The van der Waals surface area contributed by atoms with E-state index in [2.05, 4.69) is 15.3 Å². The number of guanidine groups is 2. The predicted molar refractivity (Wildman–Crippen MR) is 125 cm³/mol. The Morgan fingerprint density at radius 1 is 1.24 bits per heavy atom. The number of anilines is 2. The van der Waals surface area contributed by atoms with Crippen LogP contribution in [0.1, 0.15) is 19.4 Å². The molecule has 0 atom stereocenters. The second-order valence-corrected chi connectivity index (χ2v) is 9.39. The number of halogens is 2. The topological polar surface area (TPSA) is 152 Å². The summed E-state index contributed by atoms with van der Waals surface area (Å²) in [5, 5.41) is 2.79. The van der Waals surface area contributed by atoms with Crippen molar-refractivity contribution in [3.63, 3.8) is 0 Å². The Morgan fingerprint density at radius 2 is 1.94 bits per heavy atom. The highest BCUT2D eigenvalue weighted by molar-refractivity contribution is 7.86. The molecule has 0 fully saturated rings. The van der Waals surface area contributed by atoms with Crippen LogP contribution in [0.2, 0.25) is 5.02 Å². The molecule has 176 valence electrons. The second-order valence-electron chi connectivity index (χ2n) is 7.64. The van der Waals surface area contributed by atoms with Gasteiger partial charge < -0.3 is 21.5 Å². The van der Waals surface area contributed by atoms with Crippen LogP contribution in [0.3, 0.4) is 0 Å². The fourth-order valence-corrected chi connectivity index (χ4v) is 4.03. The first kappa shape index (κ1) is 24.3. The van der Waals surface area contributed by atoms with Gasteiger partial charge in [0.2, 0.25) is 11.9 Å². The quantitative estimate of drug-likeness (QED) is 0.519. The summed E-state index contributed by atoms with van der Waals surface area (Å²) in [5.74, 6) is -0.0486. The highest BCUT2D eigenvalue weighted by Crippen LogP contribution is 2.34. The van der Waals surface area contributed by atoms with Crippen LogP contribution in [-0.4, -0.2) is 38.5 Å². The van der Waals surface area contributed by atoms with Gasteiger partial charge in [0.05, 0.1) is 9.92 Å². The number of nitrogens with one attached hydrogen (secondary N) is 1. The molecule has 1 aliphatic heterocycles. The van der Waals surface area contributed by atoms with Crippen LogP contribution in [0.15, 0.2) is 51.3 Å². The van der Waals surface area contributed by atoms with Crippen molar-refractivity contribution in [3.05, 3.63) is 47.0 Å². The number of nitrogens with zero attached hydrogens (tertiary/aromatic N) is 3. The summed E-state index contributed by atoms with van der Waals surface area (Å²) in [4.78, 5) is 21.7. The van der Waals surface area contributed by atoms with Crippen molar-refractivity contribution in [3.8, 4) is 5.75 Å². The smallest absolute Gasteiger partial charge is 0.332 e. The summed E-state index contributed by atoms with van der Waals surface area (Å²) >= 11 is 6.33. The van der Waals surface area contributed by atoms with E-state index in [0.717, 1.165) is 12.1 Å². The molecule has 0 bridgehead atoms. The number of ether oxygens (including phenoxy) is 1. The summed E-state index contributed by atoms with van der Waals surface area (Å²) in [5.41, 5.74) is 12.2. The molecule has 0 unspecified atom stereocenters. The number of hydrogen-bond acceptors (Lipinski definition) is 9. The van der Waals surface area contributed by atoms with E-state index in [9.17, 15) is 17.1 Å². The van der Waals surface area contributed by atoms with Crippen LogP contribution < -0.4 is 26.4 Å². The van der Waals surface area contributed by atoms with Gasteiger partial charge in [0.1, 0.15) is 11.4 Å². The van der Waals surface area contributed by atoms with E-state index in [4.69, 9.17) is 27.8 Å². The molecule has 0 aliphatic carbocycles. The van der Waals surface area contributed by atoms with Crippen molar-refractivity contribution in [1.29, 1.82) is 0 Å². The fraction of sp³-hybridized carbons (Fsp3) is 0.250. The van der Waals surface area contributed by atoms with Gasteiger partial charge in [-0.15, -0.1) is 3.89 Å². The van der Waals surface area contributed by atoms with E-state index in [-0.39, 0.29) is 29.3 Å². The third-order valence-electron chi connectivity index (χ3n) is 4.68. The average Bonchev–Trinajstić information content (AvgIpc) is 2.66. The van der Waals surface area contributed by atoms with Crippen molar-refractivity contribution in [2.24, 2.45) is 21.5 Å². The fourth-order valence-electron chi connectivity index (χ4n) is 3.25. The molecule has 0 aromatic heterocycles. The molecule has 2 aromatic rings. The van der Waals surface area contributed by atoms with Gasteiger partial charge >= 0.3 is 10.2 Å². The van der Waals surface area contributed by atoms with Crippen LogP contribution in [0.5, 0.6) is 5.75 Å². The van der Waals surface area contributed by atoms with Gasteiger partial charge in [-0.1, -0.05) is 11.6 Å². The van der Waals surface area contributed by atoms with Crippen LogP contribution >= 0.6 is 11.6 Å². The molecular formula is C20H22ClFN6O4S. The van der Waals surface area contributed by atoms with Crippen LogP contribution in [0, 0.1) is 6.92 Å². The normalized spacial score (nSPS) is 15.5. The molecular weight excluding hydrogens is 475 g/mol. The molecule has 0 saturated carbocycles. The monoisotopic (exact) mass is 496 g/mol. The van der Waals surface area contributed by atoms with Gasteiger partial charge in [-0.25, -0.2) is 4.99 Å². The number of aryl methyl sites for hydroxylation is 1. The highest BCUT2D eigenvalue weighted by atomic mass is 35.5. The number of benzene rings is 2. The number of carbonyl (C=O) groups excluding carboxylic acids is 1. The molecule has 0 radical (unpaired) electrons. The van der Waals surface area contributed by atoms with Crippen molar-refractivity contribution in [2.75, 3.05) is 16.8 Å². The molecule has 3 rings (SSSR count). The third-order valence-corrected chi connectivity index (χ3v) is 5.79. The van der Waals surface area contributed by atoms with E-state index in [0.29, 0.717) is 16.9 Å². The Hall–Kier alpha value is -3.38. The average molecular weight is 497 g/mol. The largest absolute Gasteiger partial charge is 0.482 e. The summed E-state index contributed by atoms with van der Waals surface area (Å²) in [6, 6.07) is 8.32. The van der Waals surface area contributed by atoms with Crippen LogP contribution in [0.25, 0.3) is 0 Å². The number of nitrogens with two attached hydrogens (primary N) is 2. The highest BCUT2D eigenvalue weighted by Gasteiger charge is 2.33. The molecule has 5 N–H and O–H groups in total. The van der Waals surface area contributed by atoms with Crippen molar-refractivity contribution in [2.45, 2.75) is 31.3 Å². The Labute approximate surface area is 195 Å². The summed E-state index contributed by atoms with van der Waals surface area (Å²) in [6.45, 7) is 4.78. The van der Waals surface area contributed by atoms with E-state index in [1.54, 1.807) is 23.1 Å². The zero-order valence-corrected chi connectivity index (χ0v) is 19.5. The third kappa shape index (κ3) is 5.52. The molecule has 33 heavy (non-hydrogen) atoms. The molecule has 1 heterocycles. The standard InChI is InChI=1S/C20H22ClFN6O4S/c1-11-8-13(33(22,30)31)5-6-15(11)25-17(29)10-32-16-7-4-12(9-14(16)21)28-19(24)26-18(23)27-20(28,2)3/h4-9H,10H2,1-3H3,(H,25,29)(H4,23,24,26,27). The van der Waals surface area contributed by atoms with Crippen molar-refractivity contribution < 1.29 is 21.8 Å². The minimum Gasteiger partial charge on any atom is -0.482 e. The lowest BCUT2D eigenvalue weighted by Crippen LogP contribution is -2.54. The Morgan fingerprint density at radius 3 is 2.52 bits per heavy atom. The predicted octanol–water partition coefficient (Wildman–Crippen LogP) is 2.51. The molecule has 0 spiro atoms. The molecule has 1 amide bonds. The Kier molecular flexibility index (Phi) is 6.52. The van der Waals surface area contributed by atoms with E-state index < -0.39 is 26.7 Å². The summed E-state index contributed by atoms with van der Waals surface area (Å²) < 4.78 is 40.6. The van der Waals surface area contributed by atoms with Gasteiger partial charge in [0.25, 0.3) is 5.91 Å². The van der Waals surface area contributed by atoms with Gasteiger partial charge in [0.15, 0.2) is 6.61 Å². The summed E-state index contributed by atoms with van der Waals surface area (Å²) in [7, 11) is -4.83. The number of aliphatic imine (C=N–C) groups is 2. The molecule has 0 saturated heterocycles. The van der Waals surface area contributed by atoms with Crippen molar-refractivity contribution >= 4 is 51.0 Å². The van der Waals surface area contributed by atoms with Gasteiger partial charge in [-0.2, -0.15) is 13.4 Å². The molecule has 10 nitrogen and oxygen atoms in total. The van der Waals surface area contributed by atoms with Gasteiger partial charge in [-0.05, 0) is 62.7 Å². The molecule has 13 heteroatoms. The van der Waals surface area contributed by atoms with E-state index >= 15 is 0 Å². The maximum atomic E-state index is 13.1. The maximum Gasteiger partial charge on any atom is 0.332 e. The second kappa shape index (κ2) is 8.87. The first-order valence-corrected chi connectivity index (χ1v) is 11.3. The minimum atomic E-state index is -4.83. The zero-order valence-electron chi connectivity index (χ0n) is 18.0. The number of carbonyl (C=O) groups is 1. The number of hydrogen-bond donors (Lipinski definition) is 3. The first-order valence-electron chi connectivity index (χ1n) is 9.55. The molecule has 2 aromatic carbocycles. The van der Waals surface area contributed by atoms with E-state index in [1.165, 1.54) is 13.0 Å². The van der Waals surface area contributed by atoms with Crippen LogP contribution in [-0.2, 0) is 15.0 Å². The lowest BCUT2D eigenvalue weighted by Gasteiger charge is -2.38. The molecule has 1 aliphatic rings. The SMILES string of the molecule is Cc1cc(S(=O)(=O)F)ccc1NC(=O)COc1ccc(N2C(N)=NC(N)=NC2(C)C)cc1Cl. The van der Waals surface area contributed by atoms with Crippen molar-refractivity contribution in [1.82, 2.24) is 0 Å². The zero-order chi connectivity index (χ0) is 24.6. The lowest BCUT2D eigenvalue weighted by atomic mass is 10.1.